The maximum atomic E-state index is 4.62. The standard InChI is InChI=1S/C15H29N7/c1-4-8-22-9-6-13(7-10-22)20-15(16-5-2)17-11-14-18-12-19-21(14)3/h12-13H,4-11H2,1-3H3,(H2,16,17,20). The second kappa shape index (κ2) is 8.73. The molecule has 1 aliphatic rings. The first kappa shape index (κ1) is 16.7. The number of aromatic nitrogens is 3. The Morgan fingerprint density at radius 3 is 2.73 bits per heavy atom. The molecule has 0 radical (unpaired) electrons. The van der Waals surface area contributed by atoms with Crippen molar-refractivity contribution in [3.63, 3.8) is 0 Å². The molecule has 1 saturated heterocycles. The van der Waals surface area contributed by atoms with Crippen LogP contribution in [-0.4, -0.2) is 57.8 Å². The van der Waals surface area contributed by atoms with Crippen LogP contribution < -0.4 is 10.6 Å². The van der Waals surface area contributed by atoms with Crippen molar-refractivity contribution in [1.82, 2.24) is 30.3 Å². The quantitative estimate of drug-likeness (QED) is 0.599. The minimum absolute atomic E-state index is 0.505. The van der Waals surface area contributed by atoms with Gasteiger partial charge in [-0.2, -0.15) is 5.10 Å². The van der Waals surface area contributed by atoms with Crippen molar-refractivity contribution in [1.29, 1.82) is 0 Å². The lowest BCUT2D eigenvalue weighted by atomic mass is 10.1. The number of nitrogens with one attached hydrogen (secondary N) is 2. The van der Waals surface area contributed by atoms with E-state index in [4.69, 9.17) is 0 Å². The van der Waals surface area contributed by atoms with Gasteiger partial charge in [0.15, 0.2) is 5.96 Å². The van der Waals surface area contributed by atoms with E-state index >= 15 is 0 Å². The first-order chi connectivity index (χ1) is 10.7. The molecule has 0 atom stereocenters. The van der Waals surface area contributed by atoms with Crippen molar-refractivity contribution in [2.24, 2.45) is 12.0 Å². The van der Waals surface area contributed by atoms with Crippen molar-refractivity contribution >= 4 is 5.96 Å². The summed E-state index contributed by atoms with van der Waals surface area (Å²) in [6.07, 6.45) is 5.15. The highest BCUT2D eigenvalue weighted by molar-refractivity contribution is 5.80. The molecule has 2 rings (SSSR count). The predicted molar refractivity (Wildman–Crippen MR) is 88.7 cm³/mol. The zero-order valence-electron chi connectivity index (χ0n) is 14.0. The average Bonchev–Trinajstić information content (AvgIpc) is 2.92. The Hall–Kier alpha value is -1.63. The smallest absolute Gasteiger partial charge is 0.191 e. The molecule has 7 heteroatoms. The first-order valence-electron chi connectivity index (χ1n) is 8.33. The molecule has 1 fully saturated rings. The van der Waals surface area contributed by atoms with E-state index in [0.717, 1.165) is 18.3 Å². The van der Waals surface area contributed by atoms with Crippen LogP contribution in [0.4, 0.5) is 0 Å². The van der Waals surface area contributed by atoms with Crippen LogP contribution in [0.3, 0.4) is 0 Å². The summed E-state index contributed by atoms with van der Waals surface area (Å²) in [5.74, 6) is 1.74. The maximum Gasteiger partial charge on any atom is 0.191 e. The number of nitrogens with zero attached hydrogens (tertiary/aromatic N) is 5. The van der Waals surface area contributed by atoms with Gasteiger partial charge >= 0.3 is 0 Å². The Bertz CT molecular complexity index is 460. The minimum Gasteiger partial charge on any atom is -0.357 e. The van der Waals surface area contributed by atoms with Crippen LogP contribution in [0.1, 0.15) is 38.9 Å². The van der Waals surface area contributed by atoms with Crippen LogP contribution in [-0.2, 0) is 13.6 Å². The topological polar surface area (TPSA) is 70.4 Å². The summed E-state index contributed by atoms with van der Waals surface area (Å²) in [7, 11) is 1.89. The molecular weight excluding hydrogens is 278 g/mol. The molecule has 0 unspecified atom stereocenters. The van der Waals surface area contributed by atoms with Gasteiger partial charge in [-0.15, -0.1) is 0 Å². The Labute approximate surface area is 133 Å². The lowest BCUT2D eigenvalue weighted by Crippen LogP contribution is -2.48. The van der Waals surface area contributed by atoms with Crippen LogP contribution in [0, 0.1) is 0 Å². The van der Waals surface area contributed by atoms with Crippen molar-refractivity contribution in [3.05, 3.63) is 12.2 Å². The van der Waals surface area contributed by atoms with E-state index in [0.29, 0.717) is 12.6 Å². The molecule has 1 aromatic heterocycles. The Morgan fingerprint density at radius 2 is 2.14 bits per heavy atom. The fourth-order valence-electron chi connectivity index (χ4n) is 2.74. The molecule has 2 heterocycles. The van der Waals surface area contributed by atoms with Crippen LogP contribution in [0.2, 0.25) is 0 Å². The molecule has 124 valence electrons. The predicted octanol–water partition coefficient (Wildman–Crippen LogP) is 0.745. The molecule has 1 aliphatic heterocycles. The zero-order chi connectivity index (χ0) is 15.8. The van der Waals surface area contributed by atoms with Gasteiger partial charge in [0.25, 0.3) is 0 Å². The number of aliphatic imine (C=N–C) groups is 1. The number of piperidine rings is 1. The largest absolute Gasteiger partial charge is 0.357 e. The lowest BCUT2D eigenvalue weighted by molar-refractivity contribution is 0.206. The van der Waals surface area contributed by atoms with Gasteiger partial charge in [-0.1, -0.05) is 6.92 Å². The van der Waals surface area contributed by atoms with Gasteiger partial charge in [-0.3, -0.25) is 4.68 Å². The number of guanidine groups is 1. The third-order valence-electron chi connectivity index (χ3n) is 4.00. The van der Waals surface area contributed by atoms with Crippen LogP contribution in [0.5, 0.6) is 0 Å². The average molecular weight is 307 g/mol. The summed E-state index contributed by atoms with van der Waals surface area (Å²) in [6, 6.07) is 0.505. The van der Waals surface area contributed by atoms with Crippen molar-refractivity contribution in [2.45, 2.75) is 45.7 Å². The number of hydrogen-bond acceptors (Lipinski definition) is 4. The molecular formula is C15H29N7. The normalized spacial score (nSPS) is 17.7. The van der Waals surface area contributed by atoms with Gasteiger partial charge in [0.2, 0.25) is 0 Å². The van der Waals surface area contributed by atoms with Crippen LogP contribution in [0.25, 0.3) is 0 Å². The molecule has 0 aliphatic carbocycles. The summed E-state index contributed by atoms with van der Waals surface area (Å²) < 4.78 is 1.76. The van der Waals surface area contributed by atoms with Gasteiger partial charge in [-0.25, -0.2) is 9.98 Å². The first-order valence-corrected chi connectivity index (χ1v) is 8.33. The monoisotopic (exact) mass is 307 g/mol. The van der Waals surface area contributed by atoms with E-state index in [1.165, 1.54) is 38.9 Å². The summed E-state index contributed by atoms with van der Waals surface area (Å²) in [4.78, 5) is 11.4. The molecule has 0 saturated carbocycles. The van der Waals surface area contributed by atoms with E-state index in [2.05, 4.69) is 44.5 Å². The Morgan fingerprint density at radius 1 is 1.36 bits per heavy atom. The third-order valence-corrected chi connectivity index (χ3v) is 4.00. The van der Waals surface area contributed by atoms with Gasteiger partial charge in [0.05, 0.1) is 0 Å². The van der Waals surface area contributed by atoms with Crippen LogP contribution >= 0.6 is 0 Å². The van der Waals surface area contributed by atoms with Gasteiger partial charge in [-0.05, 0) is 32.7 Å². The highest BCUT2D eigenvalue weighted by atomic mass is 15.3. The molecule has 2 N–H and O–H groups in total. The van der Waals surface area contributed by atoms with Crippen molar-refractivity contribution < 1.29 is 0 Å². The minimum atomic E-state index is 0.505. The Kier molecular flexibility index (Phi) is 6.64. The maximum absolute atomic E-state index is 4.62. The fraction of sp³-hybridized carbons (Fsp3) is 0.800. The number of rotatable bonds is 6. The van der Waals surface area contributed by atoms with E-state index < -0.39 is 0 Å². The number of aryl methyl sites for hydroxylation is 1. The van der Waals surface area contributed by atoms with Crippen molar-refractivity contribution in [3.8, 4) is 0 Å². The van der Waals surface area contributed by atoms with E-state index in [9.17, 15) is 0 Å². The van der Waals surface area contributed by atoms with Crippen LogP contribution in [0.15, 0.2) is 11.3 Å². The molecule has 7 nitrogen and oxygen atoms in total. The summed E-state index contributed by atoms with van der Waals surface area (Å²) in [6.45, 7) is 9.30. The van der Waals surface area contributed by atoms with Crippen molar-refractivity contribution in [2.75, 3.05) is 26.2 Å². The van der Waals surface area contributed by atoms with Gasteiger partial charge < -0.3 is 15.5 Å². The van der Waals surface area contributed by atoms with Gasteiger partial charge in [0.1, 0.15) is 18.7 Å². The van der Waals surface area contributed by atoms with Gasteiger partial charge in [0, 0.05) is 32.7 Å². The second-order valence-electron chi connectivity index (χ2n) is 5.76. The molecule has 0 amide bonds. The molecule has 22 heavy (non-hydrogen) atoms. The zero-order valence-corrected chi connectivity index (χ0v) is 14.0. The lowest BCUT2D eigenvalue weighted by Gasteiger charge is -2.32. The second-order valence-corrected chi connectivity index (χ2v) is 5.76. The highest BCUT2D eigenvalue weighted by Gasteiger charge is 2.19. The van der Waals surface area contributed by atoms with E-state index in [1.54, 1.807) is 11.0 Å². The highest BCUT2D eigenvalue weighted by Crippen LogP contribution is 2.10. The molecule has 0 spiro atoms. The number of likely N-dealkylation sites (tertiary alicyclic amines) is 1. The molecule has 0 aromatic carbocycles. The number of hydrogen-bond donors (Lipinski definition) is 2. The summed E-state index contributed by atoms with van der Waals surface area (Å²) in [5.41, 5.74) is 0. The SMILES string of the molecule is CCCN1CCC(NC(=NCc2ncnn2C)NCC)CC1. The fourth-order valence-corrected chi connectivity index (χ4v) is 2.74. The van der Waals surface area contributed by atoms with E-state index in [1.807, 2.05) is 7.05 Å². The molecule has 0 bridgehead atoms. The third kappa shape index (κ3) is 4.98. The summed E-state index contributed by atoms with van der Waals surface area (Å²) in [5, 5.41) is 10.9. The molecule has 1 aromatic rings. The Balaban J connectivity index is 1.85. The summed E-state index contributed by atoms with van der Waals surface area (Å²) >= 11 is 0. The van der Waals surface area contributed by atoms with E-state index in [-0.39, 0.29) is 0 Å².